The molecular formula is C11H12O4. The quantitative estimate of drug-likeness (QED) is 0.791. The molecule has 4 heteroatoms. The fourth-order valence-corrected chi connectivity index (χ4v) is 1.77. The second-order valence-electron chi connectivity index (χ2n) is 3.64. The molecule has 0 bridgehead atoms. The summed E-state index contributed by atoms with van der Waals surface area (Å²) < 4.78 is 5.47. The summed E-state index contributed by atoms with van der Waals surface area (Å²) in [4.78, 5) is 10.4. The second kappa shape index (κ2) is 3.81. The Balaban J connectivity index is 2.03. The number of carboxylic acids is 1. The molecule has 1 aromatic rings. The third-order valence-electron chi connectivity index (χ3n) is 2.49. The number of para-hydroxylation sites is 1. The van der Waals surface area contributed by atoms with E-state index in [1.54, 1.807) is 12.1 Å². The predicted molar refractivity (Wildman–Crippen MR) is 53.1 cm³/mol. The van der Waals surface area contributed by atoms with Crippen molar-refractivity contribution in [1.82, 2.24) is 0 Å². The zero-order valence-electron chi connectivity index (χ0n) is 8.14. The largest absolute Gasteiger partial charge is 0.504 e. The van der Waals surface area contributed by atoms with Gasteiger partial charge in [-0.25, -0.2) is 0 Å². The Bertz CT molecular complexity index is 386. The average Bonchev–Trinajstić information content (AvgIpc) is 2.59. The summed E-state index contributed by atoms with van der Waals surface area (Å²) in [7, 11) is 0. The van der Waals surface area contributed by atoms with Crippen LogP contribution in [-0.2, 0) is 11.2 Å². The van der Waals surface area contributed by atoms with Crippen molar-refractivity contribution < 1.29 is 19.7 Å². The molecule has 0 aliphatic carbocycles. The molecule has 2 N–H and O–H groups in total. The molecule has 1 atom stereocenters. The topological polar surface area (TPSA) is 66.8 Å². The van der Waals surface area contributed by atoms with Crippen molar-refractivity contribution in [2.75, 3.05) is 0 Å². The maximum atomic E-state index is 10.4. The SMILES string of the molecule is O=C(O)CCC1Cc2cccc(O)c2O1. The van der Waals surface area contributed by atoms with Gasteiger partial charge in [-0.3, -0.25) is 4.79 Å². The monoisotopic (exact) mass is 208 g/mol. The Labute approximate surface area is 87.1 Å². The van der Waals surface area contributed by atoms with Crippen LogP contribution in [0.2, 0.25) is 0 Å². The summed E-state index contributed by atoms with van der Waals surface area (Å²) in [5, 5.41) is 18.0. The minimum atomic E-state index is -0.821. The molecule has 0 amide bonds. The van der Waals surface area contributed by atoms with Crippen molar-refractivity contribution in [2.24, 2.45) is 0 Å². The van der Waals surface area contributed by atoms with Crippen LogP contribution in [0.25, 0.3) is 0 Å². The molecule has 1 aliphatic rings. The Morgan fingerprint density at radius 3 is 3.00 bits per heavy atom. The van der Waals surface area contributed by atoms with Crippen LogP contribution in [0.4, 0.5) is 0 Å². The van der Waals surface area contributed by atoms with Gasteiger partial charge in [0, 0.05) is 18.4 Å². The average molecular weight is 208 g/mol. The molecule has 0 radical (unpaired) electrons. The highest BCUT2D eigenvalue weighted by Gasteiger charge is 2.25. The van der Waals surface area contributed by atoms with Gasteiger partial charge in [0.05, 0.1) is 0 Å². The number of carbonyl (C=O) groups is 1. The molecule has 80 valence electrons. The van der Waals surface area contributed by atoms with Crippen molar-refractivity contribution in [3.63, 3.8) is 0 Å². The second-order valence-corrected chi connectivity index (χ2v) is 3.64. The van der Waals surface area contributed by atoms with Crippen LogP contribution in [-0.4, -0.2) is 22.3 Å². The minimum Gasteiger partial charge on any atom is -0.504 e. The lowest BCUT2D eigenvalue weighted by atomic mass is 10.1. The van der Waals surface area contributed by atoms with E-state index in [0.29, 0.717) is 18.6 Å². The number of hydrogen-bond acceptors (Lipinski definition) is 3. The van der Waals surface area contributed by atoms with Crippen molar-refractivity contribution in [3.8, 4) is 11.5 Å². The van der Waals surface area contributed by atoms with E-state index in [1.807, 2.05) is 6.07 Å². The zero-order valence-corrected chi connectivity index (χ0v) is 8.14. The molecule has 0 aromatic heterocycles. The first kappa shape index (κ1) is 9.83. The number of aromatic hydroxyl groups is 1. The maximum Gasteiger partial charge on any atom is 0.303 e. The van der Waals surface area contributed by atoms with E-state index >= 15 is 0 Å². The molecule has 0 spiro atoms. The highest BCUT2D eigenvalue weighted by Crippen LogP contribution is 2.37. The summed E-state index contributed by atoms with van der Waals surface area (Å²) in [5.74, 6) is -0.183. The number of benzene rings is 1. The number of rotatable bonds is 3. The number of hydrogen-bond donors (Lipinski definition) is 2. The lowest BCUT2D eigenvalue weighted by molar-refractivity contribution is -0.137. The van der Waals surface area contributed by atoms with E-state index in [1.165, 1.54) is 0 Å². The van der Waals surface area contributed by atoms with Crippen molar-refractivity contribution in [2.45, 2.75) is 25.4 Å². The molecule has 1 unspecified atom stereocenters. The van der Waals surface area contributed by atoms with Gasteiger partial charge in [-0.2, -0.15) is 0 Å². The molecule has 0 fully saturated rings. The molecule has 15 heavy (non-hydrogen) atoms. The number of ether oxygens (including phenoxy) is 1. The van der Waals surface area contributed by atoms with Crippen molar-refractivity contribution in [3.05, 3.63) is 23.8 Å². The van der Waals surface area contributed by atoms with Crippen molar-refractivity contribution in [1.29, 1.82) is 0 Å². The molecule has 1 aliphatic heterocycles. The van der Waals surface area contributed by atoms with Crippen molar-refractivity contribution >= 4 is 5.97 Å². The standard InChI is InChI=1S/C11H12O4/c12-9-3-1-2-7-6-8(15-11(7)9)4-5-10(13)14/h1-3,8,12H,4-6H2,(H,13,14). The third-order valence-corrected chi connectivity index (χ3v) is 2.49. The highest BCUT2D eigenvalue weighted by atomic mass is 16.5. The minimum absolute atomic E-state index is 0.0966. The Hall–Kier alpha value is -1.71. The first-order valence-electron chi connectivity index (χ1n) is 4.86. The van der Waals surface area contributed by atoms with Gasteiger partial charge in [0.1, 0.15) is 6.10 Å². The maximum absolute atomic E-state index is 10.4. The van der Waals surface area contributed by atoms with Gasteiger partial charge in [0.15, 0.2) is 11.5 Å². The summed E-state index contributed by atoms with van der Waals surface area (Å²) in [6.07, 6.45) is 1.13. The number of aliphatic carboxylic acids is 1. The fourth-order valence-electron chi connectivity index (χ4n) is 1.77. The first-order valence-corrected chi connectivity index (χ1v) is 4.86. The van der Waals surface area contributed by atoms with Gasteiger partial charge in [-0.15, -0.1) is 0 Å². The van der Waals surface area contributed by atoms with Gasteiger partial charge in [0.2, 0.25) is 0 Å². The number of phenols is 1. The van der Waals surface area contributed by atoms with Gasteiger partial charge in [0.25, 0.3) is 0 Å². The molecule has 1 heterocycles. The smallest absolute Gasteiger partial charge is 0.303 e. The number of phenolic OH excluding ortho intramolecular Hbond substituents is 1. The molecule has 0 saturated heterocycles. The van der Waals surface area contributed by atoms with E-state index in [4.69, 9.17) is 9.84 Å². The molecule has 1 aromatic carbocycles. The number of fused-ring (bicyclic) bond motifs is 1. The predicted octanol–water partition coefficient (Wildman–Crippen LogP) is 1.56. The van der Waals surface area contributed by atoms with E-state index in [-0.39, 0.29) is 18.3 Å². The first-order chi connectivity index (χ1) is 7.16. The van der Waals surface area contributed by atoms with Crippen LogP contribution < -0.4 is 4.74 Å². The summed E-state index contributed by atoms with van der Waals surface area (Å²) in [6.45, 7) is 0. The molecule has 2 rings (SSSR count). The van der Waals surface area contributed by atoms with Gasteiger partial charge in [-0.1, -0.05) is 12.1 Å². The van der Waals surface area contributed by atoms with Crippen LogP contribution in [0.3, 0.4) is 0 Å². The van der Waals surface area contributed by atoms with Crippen LogP contribution in [0.15, 0.2) is 18.2 Å². The Morgan fingerprint density at radius 2 is 2.33 bits per heavy atom. The number of carboxylic acid groups (broad SMARTS) is 1. The van der Waals surface area contributed by atoms with Crippen LogP contribution in [0.5, 0.6) is 11.5 Å². The Morgan fingerprint density at radius 1 is 1.53 bits per heavy atom. The van der Waals surface area contributed by atoms with E-state index in [0.717, 1.165) is 5.56 Å². The molecular weight excluding hydrogens is 196 g/mol. The molecule has 4 nitrogen and oxygen atoms in total. The van der Waals surface area contributed by atoms with Gasteiger partial charge in [-0.05, 0) is 12.5 Å². The van der Waals surface area contributed by atoms with E-state index in [9.17, 15) is 9.90 Å². The summed E-state index contributed by atoms with van der Waals surface area (Å²) in [5.41, 5.74) is 0.949. The third kappa shape index (κ3) is 2.03. The van der Waals surface area contributed by atoms with Crippen LogP contribution in [0.1, 0.15) is 18.4 Å². The molecule has 0 saturated carbocycles. The Kier molecular flexibility index (Phi) is 2.49. The lowest BCUT2D eigenvalue weighted by Gasteiger charge is -2.08. The summed E-state index contributed by atoms with van der Waals surface area (Å²) >= 11 is 0. The van der Waals surface area contributed by atoms with Crippen LogP contribution >= 0.6 is 0 Å². The lowest BCUT2D eigenvalue weighted by Crippen LogP contribution is -2.14. The summed E-state index contributed by atoms with van der Waals surface area (Å²) in [6, 6.07) is 5.21. The van der Waals surface area contributed by atoms with Gasteiger partial charge >= 0.3 is 5.97 Å². The normalized spacial score (nSPS) is 18.3. The van der Waals surface area contributed by atoms with Gasteiger partial charge < -0.3 is 14.9 Å². The highest BCUT2D eigenvalue weighted by molar-refractivity contribution is 5.66. The zero-order chi connectivity index (χ0) is 10.8. The van der Waals surface area contributed by atoms with E-state index < -0.39 is 5.97 Å². The fraction of sp³-hybridized carbons (Fsp3) is 0.364. The van der Waals surface area contributed by atoms with E-state index in [2.05, 4.69) is 0 Å². The van der Waals surface area contributed by atoms with Crippen LogP contribution in [0, 0.1) is 0 Å².